The second-order valence-corrected chi connectivity index (χ2v) is 9.88. The summed E-state index contributed by atoms with van der Waals surface area (Å²) in [4.78, 5) is 6.32. The summed E-state index contributed by atoms with van der Waals surface area (Å²) < 4.78 is 19.4. The molecule has 0 saturated heterocycles. The standard InChI is InChI=1S/C29H39ClFN3O3.C2H6/c1-6-9-20(11-8-10-19(3)18-34(4)5)12-13-21(7-2)22-16-25(28(32)33-17-22)37-29(36)26-24(35)15-14-23(31)27(26)30;1-2/h7,13-17,20,29,35-36H,2-3,6,8-12,18H2,1,4-5H3,(H2,32,33);1-2H3/b21-13+;. The summed E-state index contributed by atoms with van der Waals surface area (Å²) in [7, 11) is 4.10. The van der Waals surface area contributed by atoms with Gasteiger partial charge in [-0.2, -0.15) is 0 Å². The number of aliphatic hydroxyl groups is 1. The van der Waals surface area contributed by atoms with Gasteiger partial charge in [0.05, 0.1) is 10.6 Å². The summed E-state index contributed by atoms with van der Waals surface area (Å²) >= 11 is 5.92. The fraction of sp³-hybridized carbons (Fsp3) is 0.452. The highest BCUT2D eigenvalue weighted by molar-refractivity contribution is 6.31. The molecule has 0 bridgehead atoms. The van der Waals surface area contributed by atoms with Crippen LogP contribution in [0, 0.1) is 11.7 Å². The topological polar surface area (TPSA) is 91.8 Å². The van der Waals surface area contributed by atoms with E-state index >= 15 is 0 Å². The Hall–Kier alpha value is -2.87. The van der Waals surface area contributed by atoms with E-state index in [1.807, 2.05) is 13.8 Å². The number of rotatable bonds is 15. The second-order valence-electron chi connectivity index (χ2n) is 9.51. The molecule has 0 amide bonds. The van der Waals surface area contributed by atoms with Crippen molar-refractivity contribution in [2.24, 2.45) is 5.92 Å². The first-order chi connectivity index (χ1) is 18.6. The predicted molar refractivity (Wildman–Crippen MR) is 161 cm³/mol. The van der Waals surface area contributed by atoms with Crippen molar-refractivity contribution in [1.82, 2.24) is 9.88 Å². The van der Waals surface area contributed by atoms with Gasteiger partial charge in [0.1, 0.15) is 11.6 Å². The molecule has 0 aliphatic carbocycles. The van der Waals surface area contributed by atoms with Crippen LogP contribution in [0.1, 0.15) is 76.7 Å². The van der Waals surface area contributed by atoms with Crippen LogP contribution in [0.2, 0.25) is 5.02 Å². The van der Waals surface area contributed by atoms with Crippen LogP contribution < -0.4 is 10.5 Å². The molecule has 39 heavy (non-hydrogen) atoms. The zero-order chi connectivity index (χ0) is 29.5. The van der Waals surface area contributed by atoms with E-state index in [2.05, 4.69) is 50.1 Å². The molecule has 4 N–H and O–H groups in total. The van der Waals surface area contributed by atoms with Crippen LogP contribution in [0.5, 0.6) is 11.5 Å². The molecule has 2 atom stereocenters. The van der Waals surface area contributed by atoms with Crippen molar-refractivity contribution in [3.05, 3.63) is 77.2 Å². The third-order valence-electron chi connectivity index (χ3n) is 6.08. The van der Waals surface area contributed by atoms with Gasteiger partial charge >= 0.3 is 0 Å². The summed E-state index contributed by atoms with van der Waals surface area (Å²) in [6, 6.07) is 3.71. The maximum absolute atomic E-state index is 13.9. The number of aliphatic hydroxyl groups excluding tert-OH is 1. The Morgan fingerprint density at radius 2 is 1.97 bits per heavy atom. The number of likely N-dealkylation sites (N-methyl/N-ethyl adjacent to an activating group) is 1. The average molecular weight is 562 g/mol. The molecule has 2 aromatic rings. The quantitative estimate of drug-likeness (QED) is 0.116. The summed E-state index contributed by atoms with van der Waals surface area (Å²) in [5, 5.41) is 20.1. The summed E-state index contributed by atoms with van der Waals surface area (Å²) in [6.07, 6.45) is 10.1. The Morgan fingerprint density at radius 1 is 1.28 bits per heavy atom. The van der Waals surface area contributed by atoms with E-state index in [0.717, 1.165) is 62.8 Å². The Kier molecular flexibility index (Phi) is 15.5. The van der Waals surface area contributed by atoms with E-state index < -0.39 is 22.9 Å². The van der Waals surface area contributed by atoms with Crippen molar-refractivity contribution >= 4 is 23.0 Å². The van der Waals surface area contributed by atoms with Crippen molar-refractivity contribution in [1.29, 1.82) is 0 Å². The summed E-state index contributed by atoms with van der Waals surface area (Å²) in [5.74, 6) is -0.565. The van der Waals surface area contributed by atoms with Gasteiger partial charge in [0, 0.05) is 18.3 Å². The third kappa shape index (κ3) is 11.0. The first kappa shape index (κ1) is 34.2. The van der Waals surface area contributed by atoms with Crippen LogP contribution >= 0.6 is 11.6 Å². The largest absolute Gasteiger partial charge is 0.507 e. The van der Waals surface area contributed by atoms with Crippen LogP contribution in [0.25, 0.3) is 5.57 Å². The Bertz CT molecular complexity index is 1100. The first-order valence-corrected chi connectivity index (χ1v) is 13.9. The maximum Gasteiger partial charge on any atom is 0.229 e. The fourth-order valence-electron chi connectivity index (χ4n) is 4.25. The normalized spacial score (nSPS) is 12.9. The van der Waals surface area contributed by atoms with Crippen LogP contribution in [0.3, 0.4) is 0 Å². The molecule has 0 saturated carbocycles. The van der Waals surface area contributed by atoms with Crippen molar-refractivity contribution in [3.63, 3.8) is 0 Å². The van der Waals surface area contributed by atoms with E-state index in [1.165, 1.54) is 5.57 Å². The van der Waals surface area contributed by atoms with Gasteiger partial charge in [-0.3, -0.25) is 0 Å². The number of allylic oxidation sites excluding steroid dienone is 3. The predicted octanol–water partition coefficient (Wildman–Crippen LogP) is 7.92. The van der Waals surface area contributed by atoms with Crippen molar-refractivity contribution in [3.8, 4) is 11.5 Å². The van der Waals surface area contributed by atoms with Gasteiger partial charge < -0.3 is 25.6 Å². The number of phenols is 1. The monoisotopic (exact) mass is 561 g/mol. The molecule has 6 nitrogen and oxygen atoms in total. The average Bonchev–Trinajstić information content (AvgIpc) is 2.89. The van der Waals surface area contributed by atoms with E-state index in [0.29, 0.717) is 11.5 Å². The van der Waals surface area contributed by atoms with Crippen LogP contribution in [-0.4, -0.2) is 40.7 Å². The zero-order valence-electron chi connectivity index (χ0n) is 24.0. The molecule has 0 aliphatic rings. The van der Waals surface area contributed by atoms with Crippen LogP contribution in [0.4, 0.5) is 10.2 Å². The SMILES string of the molecule is C=C/C(=C\CC(CCC)CCCC(=C)CN(C)C)c1cnc(N)c(OC(O)c2c(O)ccc(F)c2Cl)c1.CC. The maximum atomic E-state index is 13.9. The van der Waals surface area contributed by atoms with Gasteiger partial charge in [0.25, 0.3) is 0 Å². The molecule has 0 spiro atoms. The number of phenolic OH excluding ortho intramolecular Hbond substituents is 1. The number of halogens is 2. The highest BCUT2D eigenvalue weighted by Crippen LogP contribution is 2.36. The molecule has 1 aromatic heterocycles. The number of nitrogens with zero attached hydrogens (tertiary/aromatic N) is 2. The minimum atomic E-state index is -1.75. The number of hydrogen-bond acceptors (Lipinski definition) is 6. The van der Waals surface area contributed by atoms with Gasteiger partial charge in [-0.15, -0.1) is 0 Å². The first-order valence-electron chi connectivity index (χ1n) is 13.5. The lowest BCUT2D eigenvalue weighted by Crippen LogP contribution is -2.14. The Labute approximate surface area is 238 Å². The molecule has 216 valence electrons. The number of hydrogen-bond donors (Lipinski definition) is 3. The Balaban J connectivity index is 0.00000371. The van der Waals surface area contributed by atoms with Crippen molar-refractivity contribution in [2.75, 3.05) is 26.4 Å². The fourth-order valence-corrected chi connectivity index (χ4v) is 4.50. The van der Waals surface area contributed by atoms with Crippen molar-refractivity contribution < 1.29 is 19.3 Å². The van der Waals surface area contributed by atoms with Gasteiger partial charge in [0.15, 0.2) is 11.6 Å². The molecular weight excluding hydrogens is 517 g/mol. The van der Waals surface area contributed by atoms with Crippen LogP contribution in [-0.2, 0) is 0 Å². The van der Waals surface area contributed by atoms with E-state index in [1.54, 1.807) is 18.3 Å². The lowest BCUT2D eigenvalue weighted by molar-refractivity contribution is -0.0207. The molecule has 2 unspecified atom stereocenters. The number of pyridine rings is 1. The molecule has 1 heterocycles. The lowest BCUT2D eigenvalue weighted by atomic mass is 9.91. The highest BCUT2D eigenvalue weighted by atomic mass is 35.5. The number of nitrogens with two attached hydrogens (primary N) is 1. The van der Waals surface area contributed by atoms with E-state index in [9.17, 15) is 14.6 Å². The molecule has 1 aromatic carbocycles. The van der Waals surface area contributed by atoms with Gasteiger partial charge in [-0.05, 0) is 69.5 Å². The number of benzene rings is 1. The molecule has 0 fully saturated rings. The zero-order valence-corrected chi connectivity index (χ0v) is 24.8. The number of aromatic hydroxyl groups is 1. The lowest BCUT2D eigenvalue weighted by Gasteiger charge is -2.18. The minimum Gasteiger partial charge on any atom is -0.507 e. The molecular formula is C31H45ClFN3O3. The molecule has 8 heteroatoms. The molecule has 0 radical (unpaired) electrons. The van der Waals surface area contributed by atoms with E-state index in [-0.39, 0.29) is 17.1 Å². The van der Waals surface area contributed by atoms with Crippen molar-refractivity contribution in [2.45, 2.75) is 65.6 Å². The number of ether oxygens (including phenoxy) is 1. The van der Waals surface area contributed by atoms with Crippen LogP contribution in [0.15, 0.2) is 55.3 Å². The summed E-state index contributed by atoms with van der Waals surface area (Å²) in [5.41, 5.74) is 8.48. The number of aromatic nitrogens is 1. The highest BCUT2D eigenvalue weighted by Gasteiger charge is 2.22. The number of anilines is 1. The molecule has 2 rings (SSSR count). The van der Waals surface area contributed by atoms with E-state index in [4.69, 9.17) is 22.1 Å². The second kappa shape index (κ2) is 17.7. The minimum absolute atomic E-state index is 0.0278. The number of nitrogen functional groups attached to an aromatic ring is 1. The third-order valence-corrected chi connectivity index (χ3v) is 6.46. The smallest absolute Gasteiger partial charge is 0.229 e. The van der Waals surface area contributed by atoms with Gasteiger partial charge in [-0.1, -0.05) is 76.1 Å². The van der Waals surface area contributed by atoms with Gasteiger partial charge in [-0.25, -0.2) is 9.37 Å². The van der Waals surface area contributed by atoms with Gasteiger partial charge in [0.2, 0.25) is 6.29 Å². The molecule has 0 aliphatic heterocycles. The summed E-state index contributed by atoms with van der Waals surface area (Å²) in [6.45, 7) is 15.2. The Morgan fingerprint density at radius 3 is 2.59 bits per heavy atom.